The number of sulfonamides is 1. The molecule has 2 aliphatic rings. The molecule has 0 atom stereocenters. The van der Waals surface area contributed by atoms with Crippen molar-refractivity contribution in [2.24, 2.45) is 0 Å². The van der Waals surface area contributed by atoms with Crippen molar-refractivity contribution in [3.05, 3.63) is 53.1 Å². The number of nitrogens with zero attached hydrogens (tertiary/aromatic N) is 3. The van der Waals surface area contributed by atoms with Crippen molar-refractivity contribution in [1.29, 1.82) is 0 Å². The zero-order valence-corrected chi connectivity index (χ0v) is 18.7. The number of hydrogen-bond acceptors (Lipinski definition) is 4. The van der Waals surface area contributed by atoms with E-state index in [9.17, 15) is 13.2 Å². The number of benzene rings is 2. The molecule has 0 bridgehead atoms. The molecule has 0 saturated carbocycles. The van der Waals surface area contributed by atoms with E-state index in [2.05, 4.69) is 36.9 Å². The van der Waals surface area contributed by atoms with E-state index in [1.165, 1.54) is 16.8 Å². The Morgan fingerprint density at radius 3 is 2.37 bits per heavy atom. The lowest BCUT2D eigenvalue weighted by molar-refractivity contribution is -0.116. The molecule has 30 heavy (non-hydrogen) atoms. The summed E-state index contributed by atoms with van der Waals surface area (Å²) in [5.41, 5.74) is 5.46. The SMILES string of the molecule is CC(=O)N1CCCc2cc(S(=O)(=O)N3CCN(c4cccc(C)c4C)CC3)ccc21. The number of rotatable bonds is 3. The summed E-state index contributed by atoms with van der Waals surface area (Å²) in [4.78, 5) is 16.2. The fourth-order valence-corrected chi connectivity index (χ4v) is 5.93. The first-order chi connectivity index (χ1) is 14.3. The maximum atomic E-state index is 13.3. The molecule has 1 saturated heterocycles. The van der Waals surface area contributed by atoms with E-state index in [0.29, 0.717) is 37.6 Å². The Labute approximate surface area is 179 Å². The maximum absolute atomic E-state index is 13.3. The molecule has 4 rings (SSSR count). The molecule has 6 nitrogen and oxygen atoms in total. The van der Waals surface area contributed by atoms with Gasteiger partial charge in [-0.1, -0.05) is 12.1 Å². The van der Waals surface area contributed by atoms with E-state index in [1.54, 1.807) is 34.3 Å². The van der Waals surface area contributed by atoms with Gasteiger partial charge in [0.25, 0.3) is 0 Å². The van der Waals surface area contributed by atoms with E-state index in [4.69, 9.17) is 0 Å². The molecule has 0 spiro atoms. The second-order valence-electron chi connectivity index (χ2n) is 8.17. The van der Waals surface area contributed by atoms with Crippen LogP contribution < -0.4 is 9.80 Å². The average Bonchev–Trinajstić information content (AvgIpc) is 2.75. The molecular weight excluding hydrogens is 398 g/mol. The van der Waals surface area contributed by atoms with Crippen molar-refractivity contribution in [2.75, 3.05) is 42.5 Å². The topological polar surface area (TPSA) is 60.9 Å². The highest BCUT2D eigenvalue weighted by Crippen LogP contribution is 2.31. The van der Waals surface area contributed by atoms with Crippen LogP contribution in [0, 0.1) is 13.8 Å². The van der Waals surface area contributed by atoms with Crippen LogP contribution >= 0.6 is 0 Å². The minimum atomic E-state index is -3.55. The van der Waals surface area contributed by atoms with Gasteiger partial charge >= 0.3 is 0 Å². The Hall–Kier alpha value is -2.38. The van der Waals surface area contributed by atoms with Gasteiger partial charge in [0, 0.05) is 51.0 Å². The van der Waals surface area contributed by atoms with Crippen molar-refractivity contribution < 1.29 is 13.2 Å². The van der Waals surface area contributed by atoms with Gasteiger partial charge in [0.1, 0.15) is 0 Å². The van der Waals surface area contributed by atoms with E-state index in [0.717, 1.165) is 24.1 Å². The normalized spacial score (nSPS) is 17.7. The summed E-state index contributed by atoms with van der Waals surface area (Å²) in [7, 11) is -3.55. The molecule has 2 heterocycles. The van der Waals surface area contributed by atoms with Crippen LogP contribution in [0.3, 0.4) is 0 Å². The van der Waals surface area contributed by atoms with Crippen LogP contribution in [0.4, 0.5) is 11.4 Å². The van der Waals surface area contributed by atoms with E-state index in [1.807, 2.05) is 0 Å². The molecule has 0 aliphatic carbocycles. The van der Waals surface area contributed by atoms with Gasteiger partial charge in [-0.2, -0.15) is 4.31 Å². The van der Waals surface area contributed by atoms with Crippen molar-refractivity contribution >= 4 is 27.3 Å². The first-order valence-corrected chi connectivity index (χ1v) is 12.0. The van der Waals surface area contributed by atoms with Gasteiger partial charge in [-0.3, -0.25) is 4.79 Å². The predicted octanol–water partition coefficient (Wildman–Crippen LogP) is 3.11. The molecule has 0 aromatic heterocycles. The Kier molecular flexibility index (Phi) is 5.59. The molecule has 2 aromatic carbocycles. The highest BCUT2D eigenvalue weighted by molar-refractivity contribution is 7.89. The smallest absolute Gasteiger partial charge is 0.243 e. The van der Waals surface area contributed by atoms with Crippen molar-refractivity contribution in [2.45, 2.75) is 38.5 Å². The minimum Gasteiger partial charge on any atom is -0.369 e. The van der Waals surface area contributed by atoms with Gasteiger partial charge in [-0.05, 0) is 67.6 Å². The maximum Gasteiger partial charge on any atom is 0.243 e. The van der Waals surface area contributed by atoms with Crippen molar-refractivity contribution in [3.63, 3.8) is 0 Å². The third kappa shape index (κ3) is 3.72. The minimum absolute atomic E-state index is 0.00544. The third-order valence-electron chi connectivity index (χ3n) is 6.34. The lowest BCUT2D eigenvalue weighted by atomic mass is 10.0. The second-order valence-corrected chi connectivity index (χ2v) is 10.1. The monoisotopic (exact) mass is 427 g/mol. The van der Waals surface area contributed by atoms with Crippen LogP contribution in [0.15, 0.2) is 41.3 Å². The first-order valence-electron chi connectivity index (χ1n) is 10.5. The molecular formula is C23H29N3O3S. The molecule has 1 fully saturated rings. The van der Waals surface area contributed by atoms with E-state index < -0.39 is 10.0 Å². The quantitative estimate of drug-likeness (QED) is 0.755. The summed E-state index contributed by atoms with van der Waals surface area (Å²) in [5, 5.41) is 0. The Morgan fingerprint density at radius 2 is 1.67 bits per heavy atom. The van der Waals surface area contributed by atoms with Gasteiger partial charge < -0.3 is 9.80 Å². The van der Waals surface area contributed by atoms with E-state index in [-0.39, 0.29) is 5.91 Å². The fraction of sp³-hybridized carbons (Fsp3) is 0.435. The molecule has 160 valence electrons. The fourth-order valence-electron chi connectivity index (χ4n) is 4.46. The Balaban J connectivity index is 1.53. The summed E-state index contributed by atoms with van der Waals surface area (Å²) in [5.74, 6) is -0.00544. The number of piperazine rings is 1. The van der Waals surface area contributed by atoms with Gasteiger partial charge in [-0.25, -0.2) is 8.42 Å². The third-order valence-corrected chi connectivity index (χ3v) is 8.24. The first kappa shape index (κ1) is 20.9. The Bertz CT molecular complexity index is 1070. The molecule has 0 unspecified atom stereocenters. The van der Waals surface area contributed by atoms with Crippen molar-refractivity contribution in [3.8, 4) is 0 Å². The molecule has 2 aromatic rings. The number of carbonyl (C=O) groups is 1. The number of aryl methyl sites for hydroxylation is 2. The highest BCUT2D eigenvalue weighted by atomic mass is 32.2. The number of carbonyl (C=O) groups excluding carboxylic acids is 1. The number of amides is 1. The molecule has 0 N–H and O–H groups in total. The summed E-state index contributed by atoms with van der Waals surface area (Å²) >= 11 is 0. The van der Waals surface area contributed by atoms with Crippen LogP contribution in [0.5, 0.6) is 0 Å². The summed E-state index contributed by atoms with van der Waals surface area (Å²) < 4.78 is 28.1. The molecule has 2 aliphatic heterocycles. The van der Waals surface area contributed by atoms with Gasteiger partial charge in [0.15, 0.2) is 0 Å². The largest absolute Gasteiger partial charge is 0.369 e. The predicted molar refractivity (Wildman–Crippen MR) is 120 cm³/mol. The lowest BCUT2D eigenvalue weighted by Crippen LogP contribution is -2.48. The van der Waals surface area contributed by atoms with Crippen molar-refractivity contribution in [1.82, 2.24) is 4.31 Å². The second kappa shape index (κ2) is 8.04. The summed E-state index contributed by atoms with van der Waals surface area (Å²) in [6, 6.07) is 11.5. The molecule has 0 radical (unpaired) electrons. The van der Waals surface area contributed by atoms with Crippen LogP contribution in [0.2, 0.25) is 0 Å². The van der Waals surface area contributed by atoms with Crippen LogP contribution in [0.25, 0.3) is 0 Å². The zero-order chi connectivity index (χ0) is 21.5. The average molecular weight is 428 g/mol. The molecule has 7 heteroatoms. The van der Waals surface area contributed by atoms with Crippen LogP contribution in [0.1, 0.15) is 30.0 Å². The number of fused-ring (bicyclic) bond motifs is 1. The van der Waals surface area contributed by atoms with Gasteiger partial charge in [0.05, 0.1) is 4.90 Å². The van der Waals surface area contributed by atoms with Gasteiger partial charge in [-0.15, -0.1) is 0 Å². The summed E-state index contributed by atoms with van der Waals surface area (Å²) in [6.45, 7) is 8.73. The number of anilines is 2. The number of hydrogen-bond donors (Lipinski definition) is 0. The molecule has 1 amide bonds. The Morgan fingerprint density at radius 1 is 0.933 bits per heavy atom. The van der Waals surface area contributed by atoms with Crippen LogP contribution in [-0.4, -0.2) is 51.4 Å². The zero-order valence-electron chi connectivity index (χ0n) is 17.9. The van der Waals surface area contributed by atoms with Crippen LogP contribution in [-0.2, 0) is 21.2 Å². The summed E-state index contributed by atoms with van der Waals surface area (Å²) in [6.07, 6.45) is 1.65. The van der Waals surface area contributed by atoms with E-state index >= 15 is 0 Å². The lowest BCUT2D eigenvalue weighted by Gasteiger charge is -2.36. The standard InChI is InChI=1S/C23H29N3O3S/c1-17-6-4-8-22(18(17)2)24-12-14-25(15-13-24)30(28,29)21-9-10-23-20(16-21)7-5-11-26(23)19(3)27/h4,6,8-10,16H,5,7,11-15H2,1-3H3. The van der Waals surface area contributed by atoms with Gasteiger partial charge in [0.2, 0.25) is 15.9 Å². The highest BCUT2D eigenvalue weighted by Gasteiger charge is 2.30.